The van der Waals surface area contributed by atoms with Crippen molar-refractivity contribution in [2.45, 2.75) is 24.1 Å². The Labute approximate surface area is 162 Å². The van der Waals surface area contributed by atoms with Crippen LogP contribution < -0.4 is 0 Å². The first-order valence-corrected chi connectivity index (χ1v) is 9.10. The smallest absolute Gasteiger partial charge is 0.332 e. The molecule has 2 aromatic rings. The summed E-state index contributed by atoms with van der Waals surface area (Å²) >= 11 is 1.99. The highest BCUT2D eigenvalue weighted by atomic mass is 79.9. The molecule has 1 heterocycles. The molecule has 27 heavy (non-hydrogen) atoms. The summed E-state index contributed by atoms with van der Waals surface area (Å²) in [5.74, 6) is -2.64. The molecular weight excluding hydrogens is 432 g/mol. The van der Waals surface area contributed by atoms with E-state index in [0.717, 1.165) is 17.7 Å². The van der Waals surface area contributed by atoms with E-state index in [0.29, 0.717) is 25.4 Å². The summed E-state index contributed by atoms with van der Waals surface area (Å²) in [6.45, 7) is 3.27. The van der Waals surface area contributed by atoms with Gasteiger partial charge in [-0.25, -0.2) is 8.78 Å². The summed E-state index contributed by atoms with van der Waals surface area (Å²) in [5, 5.41) is 0. The van der Waals surface area contributed by atoms with E-state index in [1.165, 1.54) is 0 Å². The highest BCUT2D eigenvalue weighted by Crippen LogP contribution is 2.39. The second-order valence-corrected chi connectivity index (χ2v) is 7.01. The van der Waals surface area contributed by atoms with Crippen LogP contribution in [0.2, 0.25) is 0 Å². The zero-order valence-corrected chi connectivity index (χ0v) is 15.9. The van der Waals surface area contributed by atoms with Crippen molar-refractivity contribution in [3.05, 3.63) is 59.2 Å². The summed E-state index contributed by atoms with van der Waals surface area (Å²) in [6.07, 6.45) is -0.666. The molecule has 0 amide bonds. The molecular formula is C19H17BrF4O3. The van der Waals surface area contributed by atoms with E-state index in [4.69, 9.17) is 14.2 Å². The first-order valence-electron chi connectivity index (χ1n) is 8.31. The van der Waals surface area contributed by atoms with Gasteiger partial charge in [0.1, 0.15) is 23.3 Å². The van der Waals surface area contributed by atoms with Gasteiger partial charge in [0.25, 0.3) is 0 Å². The van der Waals surface area contributed by atoms with Crippen LogP contribution in [-0.2, 0) is 19.0 Å². The Balaban J connectivity index is 1.76. The summed E-state index contributed by atoms with van der Waals surface area (Å²) < 4.78 is 71.1. The number of rotatable bonds is 5. The van der Waals surface area contributed by atoms with Crippen LogP contribution in [0.15, 0.2) is 36.4 Å². The van der Waals surface area contributed by atoms with Crippen LogP contribution >= 0.6 is 15.9 Å². The van der Waals surface area contributed by atoms with Gasteiger partial charge in [-0.2, -0.15) is 8.78 Å². The first-order chi connectivity index (χ1) is 12.8. The van der Waals surface area contributed by atoms with E-state index in [1.807, 2.05) is 22.9 Å². The fraction of sp³-hybridized carbons (Fsp3) is 0.368. The molecule has 1 aliphatic rings. The van der Waals surface area contributed by atoms with E-state index in [1.54, 1.807) is 24.3 Å². The quantitative estimate of drug-likeness (QED) is 0.444. The topological polar surface area (TPSA) is 27.7 Å². The van der Waals surface area contributed by atoms with Gasteiger partial charge < -0.3 is 14.2 Å². The van der Waals surface area contributed by atoms with Gasteiger partial charge in [-0.15, -0.1) is 0 Å². The van der Waals surface area contributed by atoms with Crippen LogP contribution in [0.3, 0.4) is 0 Å². The molecule has 3 rings (SSSR count). The van der Waals surface area contributed by atoms with Gasteiger partial charge in [0.05, 0.1) is 13.2 Å². The Hall–Kier alpha value is -1.48. The Morgan fingerprint density at radius 1 is 1.04 bits per heavy atom. The summed E-state index contributed by atoms with van der Waals surface area (Å²) in [7, 11) is 0. The molecule has 0 aromatic heterocycles. The molecule has 1 aliphatic heterocycles. The molecule has 1 saturated heterocycles. The molecule has 1 fully saturated rings. The van der Waals surface area contributed by atoms with E-state index in [-0.39, 0.29) is 11.7 Å². The zero-order valence-electron chi connectivity index (χ0n) is 14.4. The highest BCUT2D eigenvalue weighted by molar-refractivity contribution is 9.09. The van der Waals surface area contributed by atoms with Crippen LogP contribution in [-0.4, -0.2) is 25.9 Å². The molecule has 0 atom stereocenters. The van der Waals surface area contributed by atoms with Gasteiger partial charge in [0, 0.05) is 12.2 Å². The van der Waals surface area contributed by atoms with Crippen LogP contribution in [0.4, 0.5) is 17.6 Å². The predicted octanol–water partition coefficient (Wildman–Crippen LogP) is 5.53. The van der Waals surface area contributed by atoms with Crippen molar-refractivity contribution >= 4 is 15.9 Å². The van der Waals surface area contributed by atoms with Crippen LogP contribution in [0, 0.1) is 11.6 Å². The number of halogens is 5. The van der Waals surface area contributed by atoms with Crippen LogP contribution in [0.1, 0.15) is 24.3 Å². The maximum atomic E-state index is 14.0. The van der Waals surface area contributed by atoms with Gasteiger partial charge in [-0.1, -0.05) is 24.3 Å². The fourth-order valence-electron chi connectivity index (χ4n) is 2.85. The van der Waals surface area contributed by atoms with Crippen molar-refractivity contribution in [2.75, 3.05) is 19.8 Å². The number of hydrogen-bond donors (Lipinski definition) is 0. The van der Waals surface area contributed by atoms with Gasteiger partial charge in [0.2, 0.25) is 0 Å². The predicted molar refractivity (Wildman–Crippen MR) is 94.7 cm³/mol. The minimum Gasteiger partial charge on any atom is -0.374 e. The minimum atomic E-state index is -3.78. The largest absolute Gasteiger partial charge is 0.374 e. The van der Waals surface area contributed by atoms with Crippen molar-refractivity contribution < 1.29 is 31.8 Å². The van der Waals surface area contributed by atoms with Crippen molar-refractivity contribution in [1.29, 1.82) is 0 Å². The van der Waals surface area contributed by atoms with Crippen molar-refractivity contribution in [3.8, 4) is 11.1 Å². The minimum absolute atomic E-state index is 0.109. The summed E-state index contributed by atoms with van der Waals surface area (Å²) in [4.78, 5) is -3.78. The second-order valence-electron chi connectivity index (χ2n) is 6.01. The van der Waals surface area contributed by atoms with Gasteiger partial charge >= 0.3 is 4.83 Å². The van der Waals surface area contributed by atoms with E-state index in [2.05, 4.69) is 0 Å². The van der Waals surface area contributed by atoms with E-state index >= 15 is 0 Å². The SMILES string of the molecule is CCOC1COC(c2ccc(-c3cc(F)c(C(F)(F)Br)c(F)c3)cc2)OC1. The average Bonchev–Trinajstić information content (AvgIpc) is 2.61. The van der Waals surface area contributed by atoms with Crippen molar-refractivity contribution in [2.24, 2.45) is 0 Å². The number of hydrogen-bond acceptors (Lipinski definition) is 3. The maximum Gasteiger partial charge on any atom is 0.332 e. The Bertz CT molecular complexity index is 762. The van der Waals surface area contributed by atoms with Gasteiger partial charge in [0.15, 0.2) is 6.29 Å². The maximum absolute atomic E-state index is 14.0. The molecule has 0 spiro atoms. The average molecular weight is 449 g/mol. The van der Waals surface area contributed by atoms with Crippen molar-refractivity contribution in [1.82, 2.24) is 0 Å². The molecule has 0 bridgehead atoms. The summed E-state index contributed by atoms with van der Waals surface area (Å²) in [5.41, 5.74) is 0.0527. The third-order valence-electron chi connectivity index (χ3n) is 4.11. The molecule has 0 N–H and O–H groups in total. The standard InChI is InChI=1S/C19H17BrF4O3/c1-2-25-14-9-26-18(27-10-14)12-5-3-11(4-6-12)13-7-15(21)17(16(22)8-13)19(20,23)24/h3-8,14,18H,2,9-10H2,1H3. The monoisotopic (exact) mass is 448 g/mol. The molecule has 0 aliphatic carbocycles. The van der Waals surface area contributed by atoms with E-state index in [9.17, 15) is 17.6 Å². The van der Waals surface area contributed by atoms with Gasteiger partial charge in [-0.05, 0) is 46.1 Å². The van der Waals surface area contributed by atoms with Crippen LogP contribution in [0.5, 0.6) is 0 Å². The van der Waals surface area contributed by atoms with Gasteiger partial charge in [-0.3, -0.25) is 0 Å². The lowest BCUT2D eigenvalue weighted by Gasteiger charge is -2.29. The highest BCUT2D eigenvalue weighted by Gasteiger charge is 2.35. The van der Waals surface area contributed by atoms with Crippen LogP contribution in [0.25, 0.3) is 11.1 Å². The molecule has 2 aromatic carbocycles. The second kappa shape index (κ2) is 8.26. The summed E-state index contributed by atoms with van der Waals surface area (Å²) in [6, 6.07) is 8.40. The first kappa shape index (κ1) is 20.3. The lowest BCUT2D eigenvalue weighted by atomic mass is 10.0. The normalized spacial score (nSPS) is 20.7. The third kappa shape index (κ3) is 4.68. The molecule has 0 radical (unpaired) electrons. The third-order valence-corrected chi connectivity index (χ3v) is 4.51. The molecule has 146 valence electrons. The molecule has 0 saturated carbocycles. The van der Waals surface area contributed by atoms with E-state index < -0.39 is 28.3 Å². The lowest BCUT2D eigenvalue weighted by Crippen LogP contribution is -2.33. The Kier molecular flexibility index (Phi) is 6.20. The molecule has 8 heteroatoms. The molecule has 0 unspecified atom stereocenters. The van der Waals surface area contributed by atoms with Crippen molar-refractivity contribution in [3.63, 3.8) is 0 Å². The number of ether oxygens (including phenoxy) is 3. The number of benzene rings is 2. The lowest BCUT2D eigenvalue weighted by molar-refractivity contribution is -0.229. The zero-order chi connectivity index (χ0) is 19.6. The Morgan fingerprint density at radius 3 is 2.07 bits per heavy atom. The fourth-order valence-corrected chi connectivity index (χ4v) is 3.23. The number of alkyl halides is 3. The molecule has 3 nitrogen and oxygen atoms in total. The Morgan fingerprint density at radius 2 is 1.59 bits per heavy atom.